The molecule has 0 aliphatic carbocycles. The number of aliphatic hydroxyl groups is 1. The van der Waals surface area contributed by atoms with Gasteiger partial charge in [0.25, 0.3) is 0 Å². The first-order valence-electron chi connectivity index (χ1n) is 5.56. The molecule has 6 nitrogen and oxygen atoms in total. The van der Waals surface area contributed by atoms with Crippen molar-refractivity contribution in [1.29, 1.82) is 0 Å². The van der Waals surface area contributed by atoms with Gasteiger partial charge in [-0.05, 0) is 12.1 Å². The van der Waals surface area contributed by atoms with Gasteiger partial charge in [0.2, 0.25) is 5.60 Å². The number of ether oxygens (including phenoxy) is 1. The number of nitrogens with zero attached hydrogens (tertiary/aromatic N) is 3. The van der Waals surface area contributed by atoms with Crippen LogP contribution in [-0.2, 0) is 21.7 Å². The van der Waals surface area contributed by atoms with E-state index in [9.17, 15) is 9.90 Å². The molecule has 2 aromatic rings. The Balaban J connectivity index is 2.48. The molecule has 0 amide bonds. The number of benzene rings is 1. The predicted octanol–water partition coefficient (Wildman–Crippen LogP) is 1.75. The molecular weight excluding hydrogens is 350 g/mol. The lowest BCUT2D eigenvalue weighted by Gasteiger charge is -2.26. The molecule has 1 aromatic heterocycles. The van der Waals surface area contributed by atoms with Crippen LogP contribution < -0.4 is 0 Å². The average molecular weight is 361 g/mol. The molecule has 0 saturated carbocycles. The molecule has 0 aliphatic rings. The van der Waals surface area contributed by atoms with E-state index in [-0.39, 0.29) is 17.1 Å². The Hall–Kier alpha value is -1.44. The van der Waals surface area contributed by atoms with E-state index in [4.69, 9.17) is 11.6 Å². The van der Waals surface area contributed by atoms with Crippen molar-refractivity contribution in [3.05, 3.63) is 45.9 Å². The van der Waals surface area contributed by atoms with Crippen LogP contribution in [0, 0.1) is 0 Å². The molecular formula is C12H11BrClN3O3. The van der Waals surface area contributed by atoms with Crippen molar-refractivity contribution < 1.29 is 14.6 Å². The van der Waals surface area contributed by atoms with Crippen molar-refractivity contribution in [3.63, 3.8) is 0 Å². The molecule has 106 valence electrons. The second-order valence-corrected chi connectivity index (χ2v) is 5.39. The second-order valence-electron chi connectivity index (χ2n) is 4.07. The lowest BCUT2D eigenvalue weighted by Crippen LogP contribution is -2.41. The molecule has 0 aliphatic heterocycles. The Labute approximate surface area is 128 Å². The summed E-state index contributed by atoms with van der Waals surface area (Å²) >= 11 is 9.38. The smallest absolute Gasteiger partial charge is 0.344 e. The molecule has 1 aromatic carbocycles. The number of methoxy groups -OCH3 is 1. The SMILES string of the molecule is COC(=O)[C@@](O)(Cn1cncn1)c1ccc(Br)cc1Cl. The molecule has 0 saturated heterocycles. The van der Waals surface area contributed by atoms with Crippen molar-refractivity contribution in [2.24, 2.45) is 0 Å². The van der Waals surface area contributed by atoms with Gasteiger partial charge in [0, 0.05) is 15.1 Å². The third kappa shape index (κ3) is 2.84. The van der Waals surface area contributed by atoms with Crippen molar-refractivity contribution in [1.82, 2.24) is 14.8 Å². The number of carbonyl (C=O) groups is 1. The lowest BCUT2D eigenvalue weighted by atomic mass is 9.93. The van der Waals surface area contributed by atoms with Gasteiger partial charge in [0.1, 0.15) is 12.7 Å². The van der Waals surface area contributed by atoms with Gasteiger partial charge in [0.15, 0.2) is 0 Å². The van der Waals surface area contributed by atoms with Gasteiger partial charge in [0.05, 0.1) is 13.7 Å². The summed E-state index contributed by atoms with van der Waals surface area (Å²) in [7, 11) is 1.20. The Morgan fingerprint density at radius 1 is 1.60 bits per heavy atom. The molecule has 0 bridgehead atoms. The third-order valence-electron chi connectivity index (χ3n) is 2.76. The van der Waals surface area contributed by atoms with E-state index < -0.39 is 11.6 Å². The van der Waals surface area contributed by atoms with E-state index >= 15 is 0 Å². The molecule has 1 heterocycles. The second kappa shape index (κ2) is 5.90. The Morgan fingerprint density at radius 2 is 2.35 bits per heavy atom. The van der Waals surface area contributed by atoms with Crippen molar-refractivity contribution in [3.8, 4) is 0 Å². The lowest BCUT2D eigenvalue weighted by molar-refractivity contribution is -0.165. The highest BCUT2D eigenvalue weighted by Gasteiger charge is 2.41. The van der Waals surface area contributed by atoms with E-state index in [1.165, 1.54) is 24.4 Å². The van der Waals surface area contributed by atoms with Gasteiger partial charge in [-0.15, -0.1) is 0 Å². The molecule has 0 radical (unpaired) electrons. The van der Waals surface area contributed by atoms with Gasteiger partial charge in [-0.25, -0.2) is 14.5 Å². The molecule has 1 atom stereocenters. The first kappa shape index (κ1) is 15.0. The van der Waals surface area contributed by atoms with Crippen LogP contribution in [0.5, 0.6) is 0 Å². The zero-order valence-corrected chi connectivity index (χ0v) is 12.8. The van der Waals surface area contributed by atoms with Crippen molar-refractivity contribution in [2.75, 3.05) is 7.11 Å². The number of halogens is 2. The zero-order chi connectivity index (χ0) is 14.8. The summed E-state index contributed by atoms with van der Waals surface area (Å²) in [4.78, 5) is 15.8. The third-order valence-corrected chi connectivity index (χ3v) is 3.56. The summed E-state index contributed by atoms with van der Waals surface area (Å²) in [5.74, 6) is -0.822. The highest BCUT2D eigenvalue weighted by Crippen LogP contribution is 2.32. The number of carbonyl (C=O) groups excluding carboxylic acids is 1. The van der Waals surface area contributed by atoms with Gasteiger partial charge in [-0.2, -0.15) is 5.10 Å². The number of aromatic nitrogens is 3. The molecule has 0 unspecified atom stereocenters. The predicted molar refractivity (Wildman–Crippen MR) is 75.1 cm³/mol. The summed E-state index contributed by atoms with van der Waals surface area (Å²) in [6.45, 7) is -0.152. The standard InChI is InChI=1S/C12H11BrClN3O3/c1-20-11(18)12(19,5-17-7-15-6-16-17)9-3-2-8(13)4-10(9)14/h2-4,6-7,19H,5H2,1H3/t12-/m1/s1. The quantitative estimate of drug-likeness (QED) is 0.841. The Kier molecular flexibility index (Phi) is 4.42. The summed E-state index contributed by atoms with van der Waals surface area (Å²) in [6, 6.07) is 4.82. The van der Waals surface area contributed by atoms with Gasteiger partial charge >= 0.3 is 5.97 Å². The summed E-state index contributed by atoms with van der Waals surface area (Å²) < 4.78 is 6.75. The highest BCUT2D eigenvalue weighted by molar-refractivity contribution is 9.10. The maximum atomic E-state index is 12.0. The largest absolute Gasteiger partial charge is 0.467 e. The summed E-state index contributed by atoms with van der Waals surface area (Å²) in [6.07, 6.45) is 2.70. The van der Waals surface area contributed by atoms with E-state index in [2.05, 4.69) is 30.7 Å². The monoisotopic (exact) mass is 359 g/mol. The Morgan fingerprint density at radius 3 is 2.90 bits per heavy atom. The van der Waals surface area contributed by atoms with Crippen LogP contribution in [0.25, 0.3) is 0 Å². The zero-order valence-electron chi connectivity index (χ0n) is 10.5. The van der Waals surface area contributed by atoms with E-state index in [1.807, 2.05) is 0 Å². The first-order valence-corrected chi connectivity index (χ1v) is 6.73. The summed E-state index contributed by atoms with van der Waals surface area (Å²) in [5, 5.41) is 14.9. The minimum Gasteiger partial charge on any atom is -0.467 e. The number of rotatable bonds is 4. The maximum absolute atomic E-state index is 12.0. The molecule has 20 heavy (non-hydrogen) atoms. The van der Waals surface area contributed by atoms with Gasteiger partial charge in [-0.3, -0.25) is 0 Å². The van der Waals surface area contributed by atoms with Crippen molar-refractivity contribution in [2.45, 2.75) is 12.1 Å². The van der Waals surface area contributed by atoms with Gasteiger partial charge < -0.3 is 9.84 Å². The first-order chi connectivity index (χ1) is 9.47. The van der Waals surface area contributed by atoms with Gasteiger partial charge in [-0.1, -0.05) is 33.6 Å². The minimum absolute atomic E-state index is 0.152. The Bertz CT molecular complexity index is 620. The fourth-order valence-corrected chi connectivity index (χ4v) is 2.63. The van der Waals surface area contributed by atoms with Crippen LogP contribution in [0.4, 0.5) is 0 Å². The summed E-state index contributed by atoms with van der Waals surface area (Å²) in [5.41, 5.74) is -1.70. The van der Waals surface area contributed by atoms with Crippen LogP contribution in [0.2, 0.25) is 5.02 Å². The molecule has 8 heteroatoms. The topological polar surface area (TPSA) is 77.2 Å². The van der Waals surface area contributed by atoms with Crippen LogP contribution in [0.3, 0.4) is 0 Å². The van der Waals surface area contributed by atoms with Crippen LogP contribution >= 0.6 is 27.5 Å². The number of hydrogen-bond donors (Lipinski definition) is 1. The average Bonchev–Trinajstić information content (AvgIpc) is 2.90. The van der Waals surface area contributed by atoms with Crippen LogP contribution in [0.15, 0.2) is 35.3 Å². The van der Waals surface area contributed by atoms with Crippen molar-refractivity contribution >= 4 is 33.5 Å². The highest BCUT2D eigenvalue weighted by atomic mass is 79.9. The van der Waals surface area contributed by atoms with E-state index in [1.54, 1.807) is 18.2 Å². The van der Waals surface area contributed by atoms with E-state index in [0.29, 0.717) is 0 Å². The number of hydrogen-bond acceptors (Lipinski definition) is 5. The fourth-order valence-electron chi connectivity index (χ4n) is 1.80. The number of esters is 1. The molecule has 2 rings (SSSR count). The normalized spacial score (nSPS) is 13.8. The fraction of sp³-hybridized carbons (Fsp3) is 0.250. The van der Waals surface area contributed by atoms with Crippen LogP contribution in [-0.4, -0.2) is 33.0 Å². The molecule has 0 fully saturated rings. The minimum atomic E-state index is -1.94. The molecule has 1 N–H and O–H groups in total. The molecule has 0 spiro atoms. The maximum Gasteiger partial charge on any atom is 0.344 e. The van der Waals surface area contributed by atoms with E-state index in [0.717, 1.165) is 4.47 Å². The van der Waals surface area contributed by atoms with Crippen LogP contribution in [0.1, 0.15) is 5.56 Å².